The van der Waals surface area contributed by atoms with Gasteiger partial charge in [0.25, 0.3) is 0 Å². The Morgan fingerprint density at radius 2 is 1.50 bits per heavy atom. The van der Waals surface area contributed by atoms with Crippen molar-refractivity contribution in [1.82, 2.24) is 5.32 Å². The number of nitrogens with one attached hydrogen (secondary N) is 1. The number of hydrogen-bond acceptors (Lipinski definition) is 4. The van der Waals surface area contributed by atoms with Crippen LogP contribution in [0.4, 0.5) is 9.59 Å². The van der Waals surface area contributed by atoms with Gasteiger partial charge in [-0.3, -0.25) is 0 Å². The van der Waals surface area contributed by atoms with Crippen LogP contribution in [0.5, 0.6) is 0 Å². The molecular formula is C4H12N4O4. The molecule has 0 aromatic rings. The third-order valence-corrected chi connectivity index (χ3v) is 0.253. The van der Waals surface area contributed by atoms with Gasteiger partial charge < -0.3 is 32.4 Å². The van der Waals surface area contributed by atoms with Gasteiger partial charge in [0.15, 0.2) is 0 Å². The predicted molar refractivity (Wildman–Crippen MR) is 40.7 cm³/mol. The van der Waals surface area contributed by atoms with E-state index in [-0.39, 0.29) is 0 Å². The zero-order valence-corrected chi connectivity index (χ0v) is 6.32. The summed E-state index contributed by atoms with van der Waals surface area (Å²) in [6.07, 6.45) is 0. The standard InChI is InChI=1S/C2H6N2O2.CH4N2O.CH2O/c3-2(6)4-1-5;2-1(3)4;1-2/h5H,1H2,(H3,3,4,6);(H4,2,3,4);1H2. The number of primary amides is 3. The van der Waals surface area contributed by atoms with Crippen LogP contribution < -0.4 is 22.5 Å². The highest BCUT2D eigenvalue weighted by molar-refractivity contribution is 5.71. The molecule has 8 heteroatoms. The molecule has 8 nitrogen and oxygen atoms in total. The molecule has 0 aliphatic heterocycles. The summed E-state index contributed by atoms with van der Waals surface area (Å²) in [4.78, 5) is 26.6. The molecule has 12 heavy (non-hydrogen) atoms. The lowest BCUT2D eigenvalue weighted by molar-refractivity contribution is -0.0980. The normalized spacial score (nSPS) is 6.08. The molecule has 0 saturated heterocycles. The molecule has 0 heterocycles. The number of carbonyl (C=O) groups excluding carboxylic acids is 3. The van der Waals surface area contributed by atoms with E-state index in [1.165, 1.54) is 0 Å². The Morgan fingerprint density at radius 1 is 1.25 bits per heavy atom. The molecule has 0 radical (unpaired) electrons. The minimum absolute atomic E-state index is 0.394. The molecule has 0 atom stereocenters. The van der Waals surface area contributed by atoms with Gasteiger partial charge >= 0.3 is 12.1 Å². The number of hydrogen-bond donors (Lipinski definition) is 5. The topological polar surface area (TPSA) is 162 Å². The molecule has 0 bridgehead atoms. The number of aliphatic hydroxyl groups excluding tert-OH is 1. The third-order valence-electron chi connectivity index (χ3n) is 0.253. The quantitative estimate of drug-likeness (QED) is 0.281. The maximum absolute atomic E-state index is 9.55. The Balaban J connectivity index is -0.000000118. The monoisotopic (exact) mass is 180 g/mol. The van der Waals surface area contributed by atoms with Crippen molar-refractivity contribution in [2.75, 3.05) is 6.73 Å². The van der Waals surface area contributed by atoms with Gasteiger partial charge in [0.2, 0.25) is 0 Å². The fourth-order valence-electron chi connectivity index (χ4n) is 0.0779. The Labute approximate surface area is 68.7 Å². The fourth-order valence-corrected chi connectivity index (χ4v) is 0.0779. The highest BCUT2D eigenvalue weighted by Crippen LogP contribution is 1.45. The number of nitrogens with two attached hydrogens (primary N) is 3. The van der Waals surface area contributed by atoms with E-state index in [0.717, 1.165) is 0 Å². The average molecular weight is 180 g/mol. The van der Waals surface area contributed by atoms with Crippen molar-refractivity contribution >= 4 is 18.9 Å². The molecule has 0 aromatic carbocycles. The zero-order valence-electron chi connectivity index (χ0n) is 6.32. The second-order valence-corrected chi connectivity index (χ2v) is 1.10. The van der Waals surface area contributed by atoms with Crippen LogP contribution in [0.15, 0.2) is 0 Å². The Morgan fingerprint density at radius 3 is 1.50 bits per heavy atom. The van der Waals surface area contributed by atoms with Crippen LogP contribution in [-0.4, -0.2) is 30.7 Å². The number of carbonyl (C=O) groups is 3. The van der Waals surface area contributed by atoms with Crippen LogP contribution in [0.3, 0.4) is 0 Å². The van der Waals surface area contributed by atoms with E-state index < -0.39 is 18.8 Å². The smallest absolute Gasteiger partial charge is 0.313 e. The summed E-state index contributed by atoms with van der Waals surface area (Å²) < 4.78 is 0. The van der Waals surface area contributed by atoms with E-state index in [2.05, 4.69) is 17.2 Å². The minimum Gasteiger partial charge on any atom is -0.376 e. The summed E-state index contributed by atoms with van der Waals surface area (Å²) in [6.45, 7) is 1.61. The maximum Gasteiger partial charge on any atom is 0.313 e. The second kappa shape index (κ2) is 16.1. The predicted octanol–water partition coefficient (Wildman–Crippen LogP) is -2.56. The van der Waals surface area contributed by atoms with Crippen molar-refractivity contribution in [2.24, 2.45) is 17.2 Å². The summed E-state index contributed by atoms with van der Waals surface area (Å²) in [5.74, 6) is 0. The van der Waals surface area contributed by atoms with Crippen LogP contribution in [0.2, 0.25) is 0 Å². The van der Waals surface area contributed by atoms with Gasteiger partial charge in [-0.1, -0.05) is 0 Å². The van der Waals surface area contributed by atoms with E-state index in [4.69, 9.17) is 14.7 Å². The van der Waals surface area contributed by atoms with Crippen molar-refractivity contribution in [3.63, 3.8) is 0 Å². The first-order valence-corrected chi connectivity index (χ1v) is 2.48. The molecule has 0 aromatic heterocycles. The van der Waals surface area contributed by atoms with Crippen molar-refractivity contribution in [3.05, 3.63) is 0 Å². The second-order valence-electron chi connectivity index (χ2n) is 1.10. The number of urea groups is 2. The summed E-state index contributed by atoms with van der Waals surface area (Å²) in [6, 6.07) is -1.54. The van der Waals surface area contributed by atoms with Crippen LogP contribution in [0, 0.1) is 0 Å². The highest BCUT2D eigenvalue weighted by Gasteiger charge is 1.80. The highest BCUT2D eigenvalue weighted by atomic mass is 16.3. The van der Waals surface area contributed by atoms with Crippen molar-refractivity contribution in [3.8, 4) is 0 Å². The molecule has 0 spiro atoms. The Hall–Kier alpha value is -1.83. The first-order valence-electron chi connectivity index (χ1n) is 2.48. The molecule has 0 saturated carbocycles. The lowest BCUT2D eigenvalue weighted by Gasteiger charge is -1.88. The summed E-state index contributed by atoms with van der Waals surface area (Å²) in [5.41, 5.74) is 13.0. The molecule has 0 aliphatic rings. The van der Waals surface area contributed by atoms with Crippen LogP contribution >= 0.6 is 0 Å². The third kappa shape index (κ3) is 307. The largest absolute Gasteiger partial charge is 0.376 e. The lowest BCUT2D eigenvalue weighted by Crippen LogP contribution is -2.29. The van der Waals surface area contributed by atoms with Gasteiger partial charge in [0.05, 0.1) is 0 Å². The fraction of sp³-hybridized carbons (Fsp3) is 0.250. The van der Waals surface area contributed by atoms with Crippen LogP contribution in [0.1, 0.15) is 0 Å². The van der Waals surface area contributed by atoms with Gasteiger partial charge in [0, 0.05) is 0 Å². The van der Waals surface area contributed by atoms with Gasteiger partial charge in [0.1, 0.15) is 13.5 Å². The van der Waals surface area contributed by atoms with Gasteiger partial charge in [-0.25, -0.2) is 9.59 Å². The van der Waals surface area contributed by atoms with Crippen molar-refractivity contribution < 1.29 is 19.5 Å². The lowest BCUT2D eigenvalue weighted by atomic mass is 11.0. The summed E-state index contributed by atoms with van der Waals surface area (Å²) in [7, 11) is 0. The Kier molecular flexibility index (Phi) is 22.3. The number of amides is 4. The molecular weight excluding hydrogens is 168 g/mol. The first kappa shape index (κ1) is 16.6. The average Bonchev–Trinajstić information content (AvgIpc) is 1.90. The number of aliphatic hydroxyl groups is 1. The molecule has 4 amide bonds. The maximum atomic E-state index is 9.55. The molecule has 0 fully saturated rings. The van der Waals surface area contributed by atoms with E-state index in [0.29, 0.717) is 0 Å². The van der Waals surface area contributed by atoms with Crippen molar-refractivity contribution in [2.45, 2.75) is 0 Å². The zero-order chi connectivity index (χ0) is 10.6. The Bertz CT molecular complexity index is 124. The van der Waals surface area contributed by atoms with Gasteiger partial charge in [-0.2, -0.15) is 0 Å². The summed E-state index contributed by atoms with van der Waals surface area (Å²) in [5, 5.41) is 9.73. The SMILES string of the molecule is C=O.NC(=O)NCO.NC(N)=O. The molecule has 0 unspecified atom stereocenters. The van der Waals surface area contributed by atoms with Crippen molar-refractivity contribution in [1.29, 1.82) is 0 Å². The van der Waals surface area contributed by atoms with Gasteiger partial charge in [-0.05, 0) is 0 Å². The molecule has 72 valence electrons. The van der Waals surface area contributed by atoms with E-state index in [1.54, 1.807) is 0 Å². The summed E-state index contributed by atoms with van der Waals surface area (Å²) >= 11 is 0. The number of rotatable bonds is 1. The first-order chi connectivity index (χ1) is 5.50. The van der Waals surface area contributed by atoms with Crippen LogP contribution in [-0.2, 0) is 4.79 Å². The van der Waals surface area contributed by atoms with Gasteiger partial charge in [-0.15, -0.1) is 0 Å². The van der Waals surface area contributed by atoms with Crippen LogP contribution in [0.25, 0.3) is 0 Å². The molecule has 8 N–H and O–H groups in total. The van der Waals surface area contributed by atoms with E-state index in [1.807, 2.05) is 12.1 Å². The minimum atomic E-state index is -0.833. The van der Waals surface area contributed by atoms with E-state index in [9.17, 15) is 4.79 Å². The van der Waals surface area contributed by atoms with E-state index >= 15 is 0 Å². The molecule has 0 aliphatic carbocycles. The molecule has 0 rings (SSSR count).